The van der Waals surface area contributed by atoms with E-state index >= 15 is 0 Å². The normalized spacial score (nSPS) is 19.9. The summed E-state index contributed by atoms with van der Waals surface area (Å²) in [6.07, 6.45) is 8.72. The largest absolute Gasteiger partial charge is 0.330 e. The van der Waals surface area contributed by atoms with Crippen LogP contribution in [0.4, 0.5) is 5.82 Å². The number of aryl methyl sites for hydroxylation is 1. The van der Waals surface area contributed by atoms with Crippen LogP contribution in [0.3, 0.4) is 0 Å². The zero-order chi connectivity index (χ0) is 22.1. The maximum absolute atomic E-state index is 12.2. The molecule has 0 radical (unpaired) electrons. The van der Waals surface area contributed by atoms with Crippen molar-refractivity contribution in [1.29, 1.82) is 0 Å². The minimum Gasteiger partial charge on any atom is -0.306 e. The Bertz CT molecular complexity index is 1060. The number of carbonyl (C=O) groups excluding carboxylic acids is 1. The van der Waals surface area contributed by atoms with Crippen molar-refractivity contribution in [3.63, 3.8) is 0 Å². The number of amides is 1. The minimum atomic E-state index is -0.449. The zero-order valence-corrected chi connectivity index (χ0v) is 18.4. The van der Waals surface area contributed by atoms with Gasteiger partial charge in [-0.3, -0.25) is 19.3 Å². The highest BCUT2D eigenvalue weighted by Gasteiger charge is 2.30. The van der Waals surface area contributed by atoms with E-state index in [0.29, 0.717) is 17.2 Å². The van der Waals surface area contributed by atoms with E-state index in [-0.39, 0.29) is 11.5 Å². The zero-order valence-electron chi connectivity index (χ0n) is 18.4. The van der Waals surface area contributed by atoms with E-state index in [4.69, 9.17) is 0 Å². The third-order valence-electron chi connectivity index (χ3n) is 6.13. The van der Waals surface area contributed by atoms with Crippen molar-refractivity contribution in [1.82, 2.24) is 19.3 Å². The molecular weight excluding hydrogens is 382 g/mol. The van der Waals surface area contributed by atoms with Gasteiger partial charge in [-0.05, 0) is 43.1 Å². The Morgan fingerprint density at radius 1 is 1.20 bits per heavy atom. The Balaban J connectivity index is 1.62. The van der Waals surface area contributed by atoms with Crippen molar-refractivity contribution in [3.8, 4) is 0 Å². The van der Waals surface area contributed by atoms with Gasteiger partial charge in [-0.25, -0.2) is 4.79 Å². The highest BCUT2D eigenvalue weighted by atomic mass is 16.2. The molecule has 0 unspecified atom stereocenters. The van der Waals surface area contributed by atoms with Gasteiger partial charge in [0.05, 0.1) is 5.56 Å². The molecule has 0 spiro atoms. The highest BCUT2D eigenvalue weighted by Crippen LogP contribution is 2.42. The standard InChI is InChI=1S/C22H31N5O3/c1-22(2,3)16-9-6-14(7-10-16)17-12-18(25-24-17)23-19(28)11-8-15-13-26(4)21(30)27(5)20(15)29/h8,11-14,16H,6-7,9-10H2,1-5H3,(H2,23,24,25,28)/b11-8+. The SMILES string of the molecule is Cn1cc(/C=C/C(=O)Nc2cc(C3CCC(C(C)(C)C)CC3)[nH]n2)c(=O)n(C)c1=O. The topological polar surface area (TPSA) is 102 Å². The molecule has 2 N–H and O–H groups in total. The van der Waals surface area contributed by atoms with Gasteiger partial charge in [-0.15, -0.1) is 0 Å². The van der Waals surface area contributed by atoms with Crippen molar-refractivity contribution in [2.24, 2.45) is 25.4 Å². The molecule has 30 heavy (non-hydrogen) atoms. The van der Waals surface area contributed by atoms with Crippen molar-refractivity contribution >= 4 is 17.8 Å². The average molecular weight is 414 g/mol. The van der Waals surface area contributed by atoms with Gasteiger partial charge in [-0.2, -0.15) is 5.10 Å². The van der Waals surface area contributed by atoms with E-state index in [9.17, 15) is 14.4 Å². The molecule has 0 bridgehead atoms. The lowest BCUT2D eigenvalue weighted by Crippen LogP contribution is -2.37. The van der Waals surface area contributed by atoms with Gasteiger partial charge in [0.25, 0.3) is 5.56 Å². The first-order valence-electron chi connectivity index (χ1n) is 10.4. The molecular formula is C22H31N5O3. The van der Waals surface area contributed by atoms with Crippen LogP contribution < -0.4 is 16.6 Å². The second-order valence-electron chi connectivity index (χ2n) is 9.29. The molecule has 0 aliphatic heterocycles. The Morgan fingerprint density at radius 3 is 2.50 bits per heavy atom. The first kappa shape index (κ1) is 21.8. The van der Waals surface area contributed by atoms with E-state index in [0.717, 1.165) is 29.0 Å². The number of H-pyrrole nitrogens is 1. The van der Waals surface area contributed by atoms with Crippen LogP contribution >= 0.6 is 0 Å². The monoisotopic (exact) mass is 413 g/mol. The van der Waals surface area contributed by atoms with E-state index in [1.807, 2.05) is 6.07 Å². The molecule has 8 nitrogen and oxygen atoms in total. The van der Waals surface area contributed by atoms with E-state index in [1.54, 1.807) is 7.05 Å². The lowest BCUT2D eigenvalue weighted by atomic mass is 9.69. The fourth-order valence-corrected chi connectivity index (χ4v) is 4.16. The number of hydrogen-bond donors (Lipinski definition) is 2. The summed E-state index contributed by atoms with van der Waals surface area (Å²) in [5, 5.41) is 9.99. The van der Waals surface area contributed by atoms with Gasteiger partial charge in [0.1, 0.15) is 0 Å². The fraction of sp³-hybridized carbons (Fsp3) is 0.545. The molecule has 2 aromatic rings. The maximum atomic E-state index is 12.2. The first-order valence-corrected chi connectivity index (χ1v) is 10.4. The van der Waals surface area contributed by atoms with Gasteiger partial charge in [-0.1, -0.05) is 20.8 Å². The third-order valence-corrected chi connectivity index (χ3v) is 6.13. The highest BCUT2D eigenvalue weighted by molar-refractivity contribution is 6.01. The molecule has 2 aromatic heterocycles. The molecule has 1 amide bonds. The quantitative estimate of drug-likeness (QED) is 0.753. The number of aromatic amines is 1. The van der Waals surface area contributed by atoms with Crippen molar-refractivity contribution in [2.45, 2.75) is 52.4 Å². The molecule has 1 aliphatic carbocycles. The number of aromatic nitrogens is 4. The molecule has 3 rings (SSSR count). The molecule has 1 fully saturated rings. The number of rotatable bonds is 4. The number of nitrogens with zero attached hydrogens (tertiary/aromatic N) is 3. The van der Waals surface area contributed by atoms with Crippen LogP contribution in [0, 0.1) is 11.3 Å². The summed E-state index contributed by atoms with van der Waals surface area (Å²) in [6, 6.07) is 1.89. The van der Waals surface area contributed by atoms with Crippen LogP contribution in [-0.2, 0) is 18.9 Å². The number of nitrogens with one attached hydrogen (secondary N) is 2. The van der Waals surface area contributed by atoms with Gasteiger partial charge in [0, 0.05) is 44.0 Å². The van der Waals surface area contributed by atoms with Crippen molar-refractivity contribution in [2.75, 3.05) is 5.32 Å². The van der Waals surface area contributed by atoms with Gasteiger partial charge >= 0.3 is 5.69 Å². The summed E-state index contributed by atoms with van der Waals surface area (Å²) in [4.78, 5) is 36.1. The lowest BCUT2D eigenvalue weighted by molar-refractivity contribution is -0.111. The summed E-state index contributed by atoms with van der Waals surface area (Å²) in [6.45, 7) is 6.92. The summed E-state index contributed by atoms with van der Waals surface area (Å²) in [5.41, 5.74) is 0.787. The van der Waals surface area contributed by atoms with Crippen LogP contribution in [0.15, 0.2) is 27.9 Å². The number of hydrogen-bond acceptors (Lipinski definition) is 4. The summed E-state index contributed by atoms with van der Waals surface area (Å²) in [7, 11) is 2.96. The molecule has 0 aromatic carbocycles. The molecule has 1 aliphatic rings. The van der Waals surface area contributed by atoms with Crippen molar-refractivity contribution < 1.29 is 4.79 Å². The van der Waals surface area contributed by atoms with Gasteiger partial charge < -0.3 is 9.88 Å². The second-order valence-corrected chi connectivity index (χ2v) is 9.29. The van der Waals surface area contributed by atoms with Crippen LogP contribution in [0.2, 0.25) is 0 Å². The maximum Gasteiger partial charge on any atom is 0.330 e. The Labute approximate surface area is 176 Å². The first-order chi connectivity index (χ1) is 14.1. The Kier molecular flexibility index (Phi) is 6.14. The molecule has 8 heteroatoms. The second kappa shape index (κ2) is 8.45. The molecule has 0 saturated heterocycles. The third kappa shape index (κ3) is 4.80. The Hall–Kier alpha value is -2.90. The van der Waals surface area contributed by atoms with E-state index in [2.05, 4.69) is 36.3 Å². The van der Waals surface area contributed by atoms with Crippen LogP contribution in [0.25, 0.3) is 6.08 Å². The summed E-state index contributed by atoms with van der Waals surface area (Å²) < 4.78 is 2.30. The summed E-state index contributed by atoms with van der Waals surface area (Å²) in [5.74, 6) is 1.25. The van der Waals surface area contributed by atoms with Gasteiger partial charge in [0.2, 0.25) is 5.91 Å². The predicted octanol–water partition coefficient (Wildman–Crippen LogP) is 2.78. The number of anilines is 1. The lowest BCUT2D eigenvalue weighted by Gasteiger charge is -2.36. The average Bonchev–Trinajstić information content (AvgIpc) is 3.16. The van der Waals surface area contributed by atoms with Gasteiger partial charge in [0.15, 0.2) is 5.82 Å². The predicted molar refractivity (Wildman–Crippen MR) is 117 cm³/mol. The Morgan fingerprint density at radius 2 is 1.87 bits per heavy atom. The fourth-order valence-electron chi connectivity index (χ4n) is 4.16. The number of carbonyl (C=O) groups is 1. The molecule has 0 atom stereocenters. The van der Waals surface area contributed by atoms with Crippen LogP contribution in [-0.4, -0.2) is 25.2 Å². The van der Waals surface area contributed by atoms with E-state index in [1.165, 1.54) is 42.8 Å². The van der Waals surface area contributed by atoms with Crippen LogP contribution in [0.1, 0.15) is 63.6 Å². The van der Waals surface area contributed by atoms with Crippen LogP contribution in [0.5, 0.6) is 0 Å². The smallest absolute Gasteiger partial charge is 0.306 e. The summed E-state index contributed by atoms with van der Waals surface area (Å²) >= 11 is 0. The van der Waals surface area contributed by atoms with Crippen molar-refractivity contribution in [3.05, 3.63) is 50.4 Å². The molecule has 2 heterocycles. The molecule has 1 saturated carbocycles. The minimum absolute atomic E-state index is 0.257. The molecule has 162 valence electrons. The van der Waals surface area contributed by atoms with E-state index < -0.39 is 11.2 Å².